The van der Waals surface area contributed by atoms with Gasteiger partial charge in [-0.05, 0) is 37.6 Å². The lowest BCUT2D eigenvalue weighted by Gasteiger charge is -2.20. The number of hydrogen-bond donors (Lipinski definition) is 2. The SMILES string of the molecule is Cc1ccc(S(=O)(=O)N2CCc3c2nc2nc(=O)n(-c4ccccc4)c(N)c2c3N)cc1. The highest BCUT2D eigenvalue weighted by Gasteiger charge is 2.35. The Labute approximate surface area is 184 Å². The van der Waals surface area contributed by atoms with Crippen LogP contribution in [0.2, 0.25) is 0 Å². The summed E-state index contributed by atoms with van der Waals surface area (Å²) in [5.74, 6) is 0.290. The molecular formula is C22H20N6O3S. The first-order chi connectivity index (χ1) is 15.3. The molecule has 4 N–H and O–H groups in total. The number of rotatable bonds is 3. The number of aryl methyl sites for hydroxylation is 1. The predicted octanol–water partition coefficient (Wildman–Crippen LogP) is 2.00. The average Bonchev–Trinajstić information content (AvgIpc) is 3.20. The van der Waals surface area contributed by atoms with Crippen molar-refractivity contribution in [2.45, 2.75) is 18.2 Å². The topological polar surface area (TPSA) is 137 Å². The highest BCUT2D eigenvalue weighted by molar-refractivity contribution is 7.92. The third kappa shape index (κ3) is 2.91. The average molecular weight is 449 g/mol. The summed E-state index contributed by atoms with van der Waals surface area (Å²) in [6.07, 6.45) is 0.374. The minimum atomic E-state index is -3.85. The smallest absolute Gasteiger partial charge is 0.355 e. The second kappa shape index (κ2) is 7.06. The van der Waals surface area contributed by atoms with Crippen LogP contribution in [-0.2, 0) is 16.4 Å². The first kappa shape index (κ1) is 20.0. The number of nitrogens with two attached hydrogens (primary N) is 2. The van der Waals surface area contributed by atoms with E-state index in [1.165, 1.54) is 8.87 Å². The third-order valence-electron chi connectivity index (χ3n) is 5.61. The van der Waals surface area contributed by atoms with E-state index in [0.717, 1.165) is 5.56 Å². The molecule has 0 fully saturated rings. The molecule has 0 bridgehead atoms. The second-order valence-electron chi connectivity index (χ2n) is 7.62. The first-order valence-corrected chi connectivity index (χ1v) is 11.4. The molecule has 2 aromatic heterocycles. The Morgan fingerprint density at radius 2 is 1.66 bits per heavy atom. The Morgan fingerprint density at radius 1 is 0.969 bits per heavy atom. The maximum atomic E-state index is 13.3. The normalized spacial score (nSPS) is 13.5. The Bertz CT molecular complexity index is 1530. The number of fused-ring (bicyclic) bond motifs is 2. The maximum absolute atomic E-state index is 13.3. The van der Waals surface area contributed by atoms with Crippen molar-refractivity contribution in [1.29, 1.82) is 0 Å². The Balaban J connectivity index is 1.71. The molecule has 5 rings (SSSR count). The molecule has 0 aliphatic carbocycles. The number of para-hydroxylation sites is 1. The van der Waals surface area contributed by atoms with Gasteiger partial charge in [0.25, 0.3) is 10.0 Å². The monoisotopic (exact) mass is 448 g/mol. The zero-order valence-corrected chi connectivity index (χ0v) is 18.0. The van der Waals surface area contributed by atoms with Crippen molar-refractivity contribution in [3.63, 3.8) is 0 Å². The summed E-state index contributed by atoms with van der Waals surface area (Å²) in [5, 5.41) is 0.335. The summed E-state index contributed by atoms with van der Waals surface area (Å²) in [6.45, 7) is 2.07. The fourth-order valence-electron chi connectivity index (χ4n) is 3.97. The van der Waals surface area contributed by atoms with Gasteiger partial charge in [-0.3, -0.25) is 0 Å². The molecule has 0 radical (unpaired) electrons. The van der Waals surface area contributed by atoms with Crippen molar-refractivity contribution in [2.75, 3.05) is 22.3 Å². The Hall–Kier alpha value is -3.92. The highest BCUT2D eigenvalue weighted by atomic mass is 32.2. The maximum Gasteiger partial charge on any atom is 0.355 e. The summed E-state index contributed by atoms with van der Waals surface area (Å²) in [4.78, 5) is 21.4. The number of hydrogen-bond acceptors (Lipinski definition) is 7. The molecule has 1 aliphatic rings. The van der Waals surface area contributed by atoms with Gasteiger partial charge in [-0.2, -0.15) is 4.98 Å². The zero-order valence-electron chi connectivity index (χ0n) is 17.2. The van der Waals surface area contributed by atoms with Crippen molar-refractivity contribution < 1.29 is 8.42 Å². The summed E-state index contributed by atoms with van der Waals surface area (Å²) in [6, 6.07) is 15.4. The van der Waals surface area contributed by atoms with E-state index in [9.17, 15) is 13.2 Å². The largest absolute Gasteiger partial charge is 0.398 e. The van der Waals surface area contributed by atoms with Crippen molar-refractivity contribution in [3.05, 3.63) is 76.2 Å². The molecule has 0 amide bonds. The van der Waals surface area contributed by atoms with Crippen LogP contribution in [0.1, 0.15) is 11.1 Å². The minimum absolute atomic E-state index is 0.0157. The number of pyridine rings is 1. The molecule has 3 heterocycles. The fourth-order valence-corrected chi connectivity index (χ4v) is 5.42. The summed E-state index contributed by atoms with van der Waals surface area (Å²) >= 11 is 0. The van der Waals surface area contributed by atoms with Gasteiger partial charge in [0.15, 0.2) is 5.65 Å². The lowest BCUT2D eigenvalue weighted by Crippen LogP contribution is -2.30. The van der Waals surface area contributed by atoms with Crippen molar-refractivity contribution in [3.8, 4) is 5.69 Å². The molecule has 0 unspecified atom stereocenters. The van der Waals surface area contributed by atoms with Crippen LogP contribution in [0.15, 0.2) is 64.3 Å². The number of sulfonamides is 1. The van der Waals surface area contributed by atoms with Crippen LogP contribution in [0.25, 0.3) is 16.7 Å². The van der Waals surface area contributed by atoms with Gasteiger partial charge in [0.1, 0.15) is 11.6 Å². The molecule has 4 aromatic rings. The van der Waals surface area contributed by atoms with E-state index in [4.69, 9.17) is 11.5 Å². The first-order valence-electron chi connectivity index (χ1n) is 9.94. The fraction of sp³-hybridized carbons (Fsp3) is 0.136. The zero-order chi connectivity index (χ0) is 22.6. The van der Waals surface area contributed by atoms with Crippen LogP contribution in [0.5, 0.6) is 0 Å². The third-order valence-corrected chi connectivity index (χ3v) is 7.42. The molecule has 1 aliphatic heterocycles. The van der Waals surface area contributed by atoms with Crippen molar-refractivity contribution in [2.24, 2.45) is 0 Å². The van der Waals surface area contributed by atoms with Crippen LogP contribution >= 0.6 is 0 Å². The Morgan fingerprint density at radius 3 is 2.34 bits per heavy atom. The Kier molecular flexibility index (Phi) is 4.41. The highest BCUT2D eigenvalue weighted by Crippen LogP contribution is 2.39. The molecule has 0 saturated carbocycles. The van der Waals surface area contributed by atoms with Crippen LogP contribution in [-0.4, -0.2) is 29.5 Å². The van der Waals surface area contributed by atoms with Gasteiger partial charge < -0.3 is 11.5 Å². The molecule has 2 aromatic carbocycles. The van der Waals surface area contributed by atoms with Crippen molar-refractivity contribution >= 4 is 38.4 Å². The standard InChI is InChI=1S/C22H20N6O3S/c1-13-7-9-15(10-8-13)32(30,31)27-12-11-16-18(23)17-19(24)28(14-5-3-2-4-6-14)22(29)26-20(17)25-21(16)27/h2-10H,11-12,23-24H2,1H3. The number of nitrogen functional groups attached to an aromatic ring is 2. The van der Waals surface area contributed by atoms with Gasteiger partial charge >= 0.3 is 5.69 Å². The van der Waals surface area contributed by atoms with Crippen molar-refractivity contribution in [1.82, 2.24) is 14.5 Å². The van der Waals surface area contributed by atoms with Crippen LogP contribution in [0, 0.1) is 6.92 Å². The number of benzene rings is 2. The minimum Gasteiger partial charge on any atom is -0.398 e. The number of nitrogens with zero attached hydrogens (tertiary/aromatic N) is 4. The van der Waals surface area contributed by atoms with E-state index in [2.05, 4.69) is 9.97 Å². The van der Waals surface area contributed by atoms with Gasteiger partial charge in [0, 0.05) is 12.1 Å². The molecule has 0 atom stereocenters. The van der Waals surface area contributed by atoms with E-state index in [-0.39, 0.29) is 34.4 Å². The second-order valence-corrected chi connectivity index (χ2v) is 9.48. The van der Waals surface area contributed by atoms with E-state index in [1.807, 2.05) is 13.0 Å². The molecule has 0 saturated heterocycles. The number of aromatic nitrogens is 3. The summed E-state index contributed by atoms with van der Waals surface area (Å²) in [5.41, 5.74) is 14.5. The lowest BCUT2D eigenvalue weighted by atomic mass is 10.1. The quantitative estimate of drug-likeness (QED) is 0.489. The van der Waals surface area contributed by atoms with Crippen LogP contribution < -0.4 is 21.5 Å². The molecule has 162 valence electrons. The van der Waals surface area contributed by atoms with E-state index >= 15 is 0 Å². The summed E-state index contributed by atoms with van der Waals surface area (Å²) in [7, 11) is -3.85. The molecule has 10 heteroatoms. The summed E-state index contributed by atoms with van der Waals surface area (Å²) < 4.78 is 29.0. The van der Waals surface area contributed by atoms with Crippen LogP contribution in [0.4, 0.5) is 17.3 Å². The van der Waals surface area contributed by atoms with Gasteiger partial charge in [0.05, 0.1) is 21.7 Å². The molecule has 9 nitrogen and oxygen atoms in total. The van der Waals surface area contributed by atoms with E-state index in [0.29, 0.717) is 23.1 Å². The lowest BCUT2D eigenvalue weighted by molar-refractivity contribution is 0.592. The molecule has 0 spiro atoms. The van der Waals surface area contributed by atoms with Gasteiger partial charge in [-0.25, -0.2) is 27.1 Å². The molecule has 32 heavy (non-hydrogen) atoms. The molecular weight excluding hydrogens is 428 g/mol. The van der Waals surface area contributed by atoms with Gasteiger partial charge in [0.2, 0.25) is 0 Å². The van der Waals surface area contributed by atoms with E-state index in [1.54, 1.807) is 48.5 Å². The number of anilines is 3. The predicted molar refractivity (Wildman–Crippen MR) is 123 cm³/mol. The van der Waals surface area contributed by atoms with Gasteiger partial charge in [-0.15, -0.1) is 0 Å². The van der Waals surface area contributed by atoms with E-state index < -0.39 is 15.7 Å². The van der Waals surface area contributed by atoms with Crippen LogP contribution in [0.3, 0.4) is 0 Å². The van der Waals surface area contributed by atoms with Gasteiger partial charge in [-0.1, -0.05) is 35.9 Å².